The van der Waals surface area contributed by atoms with Crippen LogP contribution in [0.25, 0.3) is 0 Å². The SMILES string of the molecule is CN(C)CCOc1cccc(CNC(=O)N2CC(=O)N(C3CC3)C2)c1. The van der Waals surface area contributed by atoms with Crippen LogP contribution in [-0.4, -0.2) is 73.1 Å². The summed E-state index contributed by atoms with van der Waals surface area (Å²) in [5.41, 5.74) is 0.972. The van der Waals surface area contributed by atoms with Gasteiger partial charge in [0, 0.05) is 19.1 Å². The van der Waals surface area contributed by atoms with E-state index in [0.717, 1.165) is 30.7 Å². The first-order valence-corrected chi connectivity index (χ1v) is 8.71. The standard InChI is InChI=1S/C18H26N4O3/c1-20(2)8-9-25-16-5-3-4-14(10-16)11-19-18(24)21-12-17(23)22(13-21)15-6-7-15/h3-5,10,15H,6-9,11-13H2,1-2H3,(H,19,24). The zero-order chi connectivity index (χ0) is 17.8. The van der Waals surface area contributed by atoms with Crippen LogP contribution in [0.2, 0.25) is 0 Å². The van der Waals surface area contributed by atoms with E-state index in [9.17, 15) is 9.59 Å². The molecule has 1 aromatic rings. The van der Waals surface area contributed by atoms with Crippen LogP contribution in [0.15, 0.2) is 24.3 Å². The highest BCUT2D eigenvalue weighted by atomic mass is 16.5. The Morgan fingerprint density at radius 3 is 2.88 bits per heavy atom. The molecule has 0 spiro atoms. The van der Waals surface area contributed by atoms with Gasteiger partial charge in [-0.15, -0.1) is 0 Å². The molecule has 1 saturated heterocycles. The number of likely N-dealkylation sites (N-methyl/N-ethyl adjacent to an activating group) is 1. The molecule has 1 aliphatic heterocycles. The van der Waals surface area contributed by atoms with Crippen LogP contribution < -0.4 is 10.1 Å². The number of urea groups is 1. The number of benzene rings is 1. The molecule has 1 aliphatic carbocycles. The second kappa shape index (κ2) is 7.74. The lowest BCUT2D eigenvalue weighted by Crippen LogP contribution is -2.39. The average Bonchev–Trinajstić information content (AvgIpc) is 3.35. The van der Waals surface area contributed by atoms with E-state index in [1.807, 2.05) is 38.4 Å². The lowest BCUT2D eigenvalue weighted by molar-refractivity contribution is -0.127. The van der Waals surface area contributed by atoms with Crippen LogP contribution >= 0.6 is 0 Å². The van der Waals surface area contributed by atoms with Crippen LogP contribution in [0.4, 0.5) is 4.79 Å². The molecule has 2 fully saturated rings. The molecule has 0 radical (unpaired) electrons. The molecule has 1 N–H and O–H groups in total. The monoisotopic (exact) mass is 346 g/mol. The summed E-state index contributed by atoms with van der Waals surface area (Å²) in [5, 5.41) is 2.89. The molecule has 3 rings (SSSR count). The largest absolute Gasteiger partial charge is 0.492 e. The molecule has 7 heteroatoms. The van der Waals surface area contributed by atoms with Gasteiger partial charge in [-0.1, -0.05) is 12.1 Å². The van der Waals surface area contributed by atoms with E-state index in [0.29, 0.717) is 25.9 Å². The number of nitrogens with zero attached hydrogens (tertiary/aromatic N) is 3. The molecule has 136 valence electrons. The average molecular weight is 346 g/mol. The zero-order valence-corrected chi connectivity index (χ0v) is 14.9. The van der Waals surface area contributed by atoms with Crippen LogP contribution in [0.1, 0.15) is 18.4 Å². The first-order valence-electron chi connectivity index (χ1n) is 8.71. The molecule has 1 saturated carbocycles. The minimum absolute atomic E-state index is 0.0499. The minimum atomic E-state index is -0.199. The summed E-state index contributed by atoms with van der Waals surface area (Å²) in [7, 11) is 4.01. The van der Waals surface area contributed by atoms with Crippen molar-refractivity contribution < 1.29 is 14.3 Å². The van der Waals surface area contributed by atoms with Crippen molar-refractivity contribution in [3.8, 4) is 5.75 Å². The molecule has 7 nitrogen and oxygen atoms in total. The highest BCUT2D eigenvalue weighted by Gasteiger charge is 2.39. The van der Waals surface area contributed by atoms with Gasteiger partial charge in [-0.3, -0.25) is 9.69 Å². The molecule has 0 atom stereocenters. The van der Waals surface area contributed by atoms with Gasteiger partial charge in [0.1, 0.15) is 18.9 Å². The van der Waals surface area contributed by atoms with Gasteiger partial charge in [0.15, 0.2) is 0 Å². The van der Waals surface area contributed by atoms with E-state index in [-0.39, 0.29) is 18.5 Å². The Morgan fingerprint density at radius 1 is 1.36 bits per heavy atom. The first kappa shape index (κ1) is 17.5. The molecule has 0 aromatic heterocycles. The second-order valence-corrected chi connectivity index (χ2v) is 6.89. The summed E-state index contributed by atoms with van der Waals surface area (Å²) in [5.74, 6) is 0.846. The molecule has 1 heterocycles. The highest BCUT2D eigenvalue weighted by molar-refractivity contribution is 5.87. The molecule has 0 bridgehead atoms. The summed E-state index contributed by atoms with van der Waals surface area (Å²) in [6, 6.07) is 7.86. The van der Waals surface area contributed by atoms with Gasteiger partial charge in [0.05, 0.1) is 6.67 Å². The molecule has 25 heavy (non-hydrogen) atoms. The van der Waals surface area contributed by atoms with E-state index in [1.54, 1.807) is 9.80 Å². The summed E-state index contributed by atoms with van der Waals surface area (Å²) in [6.07, 6.45) is 2.11. The van der Waals surface area contributed by atoms with E-state index in [2.05, 4.69) is 10.2 Å². The zero-order valence-electron chi connectivity index (χ0n) is 14.9. The number of nitrogens with one attached hydrogen (secondary N) is 1. The fourth-order valence-electron chi connectivity index (χ4n) is 2.79. The van der Waals surface area contributed by atoms with Crippen molar-refractivity contribution in [1.82, 2.24) is 20.0 Å². The molecule has 1 aromatic carbocycles. The van der Waals surface area contributed by atoms with Gasteiger partial charge >= 0.3 is 6.03 Å². The minimum Gasteiger partial charge on any atom is -0.492 e. The number of carbonyl (C=O) groups excluding carboxylic acids is 2. The molecule has 2 aliphatic rings. The predicted octanol–water partition coefficient (Wildman–Crippen LogP) is 1.10. The topological polar surface area (TPSA) is 65.1 Å². The first-order chi connectivity index (χ1) is 12.0. The summed E-state index contributed by atoms with van der Waals surface area (Å²) < 4.78 is 5.71. The highest BCUT2D eigenvalue weighted by Crippen LogP contribution is 2.29. The Morgan fingerprint density at radius 2 is 2.16 bits per heavy atom. The van der Waals surface area contributed by atoms with Crippen molar-refractivity contribution in [1.29, 1.82) is 0 Å². The van der Waals surface area contributed by atoms with Crippen molar-refractivity contribution >= 4 is 11.9 Å². The number of carbonyl (C=O) groups is 2. The summed E-state index contributed by atoms with van der Waals surface area (Å²) in [6.45, 7) is 2.47. The van der Waals surface area contributed by atoms with Crippen LogP contribution in [0.3, 0.4) is 0 Å². The Bertz CT molecular complexity index is 631. The smallest absolute Gasteiger partial charge is 0.319 e. The number of rotatable bonds is 7. The Hall–Kier alpha value is -2.28. The fourth-order valence-corrected chi connectivity index (χ4v) is 2.79. The van der Waals surface area contributed by atoms with Crippen molar-refractivity contribution in [3.63, 3.8) is 0 Å². The predicted molar refractivity (Wildman–Crippen MR) is 94.2 cm³/mol. The fraction of sp³-hybridized carbons (Fsp3) is 0.556. The van der Waals surface area contributed by atoms with Crippen LogP contribution in [0, 0.1) is 0 Å². The van der Waals surface area contributed by atoms with Gasteiger partial charge in [-0.05, 0) is 44.6 Å². The lowest BCUT2D eigenvalue weighted by Gasteiger charge is -2.18. The van der Waals surface area contributed by atoms with Gasteiger partial charge in [-0.25, -0.2) is 4.79 Å². The van der Waals surface area contributed by atoms with Crippen LogP contribution in [0.5, 0.6) is 5.75 Å². The summed E-state index contributed by atoms with van der Waals surface area (Å²) in [4.78, 5) is 29.6. The van der Waals surface area contributed by atoms with Crippen molar-refractivity contribution in [2.75, 3.05) is 40.5 Å². The molecular formula is C18H26N4O3. The van der Waals surface area contributed by atoms with Gasteiger partial charge < -0.3 is 19.9 Å². The number of hydrogen-bond acceptors (Lipinski definition) is 4. The maximum atomic E-state index is 12.3. The third-order valence-electron chi connectivity index (χ3n) is 4.39. The maximum Gasteiger partial charge on any atom is 0.319 e. The number of amides is 3. The van der Waals surface area contributed by atoms with Crippen molar-refractivity contribution in [3.05, 3.63) is 29.8 Å². The van der Waals surface area contributed by atoms with Crippen LogP contribution in [-0.2, 0) is 11.3 Å². The normalized spacial score (nSPS) is 17.3. The second-order valence-electron chi connectivity index (χ2n) is 6.89. The molecule has 3 amide bonds. The van der Waals surface area contributed by atoms with E-state index in [1.165, 1.54) is 0 Å². The number of ether oxygens (including phenoxy) is 1. The Labute approximate surface area is 148 Å². The van der Waals surface area contributed by atoms with Gasteiger partial charge in [-0.2, -0.15) is 0 Å². The lowest BCUT2D eigenvalue weighted by atomic mass is 10.2. The molecular weight excluding hydrogens is 320 g/mol. The molecule has 0 unspecified atom stereocenters. The van der Waals surface area contributed by atoms with Crippen molar-refractivity contribution in [2.45, 2.75) is 25.4 Å². The Kier molecular flexibility index (Phi) is 5.43. The van der Waals surface area contributed by atoms with E-state index >= 15 is 0 Å². The maximum absolute atomic E-state index is 12.3. The quantitative estimate of drug-likeness (QED) is 0.803. The van der Waals surface area contributed by atoms with Gasteiger partial charge in [0.2, 0.25) is 5.91 Å². The third-order valence-corrected chi connectivity index (χ3v) is 4.39. The van der Waals surface area contributed by atoms with E-state index < -0.39 is 0 Å². The number of hydrogen-bond donors (Lipinski definition) is 1. The van der Waals surface area contributed by atoms with E-state index in [4.69, 9.17) is 4.74 Å². The summed E-state index contributed by atoms with van der Waals surface area (Å²) >= 11 is 0. The third kappa shape index (κ3) is 4.85. The van der Waals surface area contributed by atoms with Crippen molar-refractivity contribution in [2.24, 2.45) is 0 Å². The van der Waals surface area contributed by atoms with Gasteiger partial charge in [0.25, 0.3) is 0 Å². The Balaban J connectivity index is 1.46.